The summed E-state index contributed by atoms with van der Waals surface area (Å²) in [4.78, 5) is 51.0. The summed E-state index contributed by atoms with van der Waals surface area (Å²) in [5.74, 6) is -3.31. The molecule has 10 nitrogen and oxygen atoms in total. The van der Waals surface area contributed by atoms with Crippen molar-refractivity contribution in [1.82, 2.24) is 15.5 Å². The smallest absolute Gasteiger partial charge is 0.326 e. The predicted octanol–water partition coefficient (Wildman–Crippen LogP) is -0.558. The van der Waals surface area contributed by atoms with Gasteiger partial charge in [0.05, 0.1) is 6.10 Å². The van der Waals surface area contributed by atoms with Gasteiger partial charge in [-0.05, 0) is 31.6 Å². The molecule has 1 saturated heterocycles. The Bertz CT molecular complexity index is 639. The third-order valence-corrected chi connectivity index (χ3v) is 5.67. The van der Waals surface area contributed by atoms with Crippen LogP contribution >= 0.6 is 0 Å². The summed E-state index contributed by atoms with van der Waals surface area (Å²) >= 11 is 0. The van der Waals surface area contributed by atoms with Gasteiger partial charge in [-0.3, -0.25) is 14.4 Å². The van der Waals surface area contributed by atoms with Crippen LogP contribution in [0.1, 0.15) is 53.9 Å². The summed E-state index contributed by atoms with van der Waals surface area (Å²) in [6.45, 7) is 8.79. The van der Waals surface area contributed by atoms with Crippen molar-refractivity contribution < 1.29 is 29.4 Å². The van der Waals surface area contributed by atoms with Gasteiger partial charge < -0.3 is 31.5 Å². The van der Waals surface area contributed by atoms with Crippen molar-refractivity contribution in [2.45, 2.75) is 84.2 Å². The van der Waals surface area contributed by atoms with Crippen molar-refractivity contribution >= 4 is 23.7 Å². The summed E-state index contributed by atoms with van der Waals surface area (Å²) in [5.41, 5.74) is 5.73. The lowest BCUT2D eigenvalue weighted by molar-refractivity contribution is -0.145. The standard InChI is InChI=1S/C20H36N4O6/c1-6-11(4)16(20(29)30)23-18(27)15(10(2)3)22-17(26)13-8-7-9-24(13)19(28)14(21)12(5)25/h10-16,25H,6-9,21H2,1-5H3,(H,22,26)(H,23,27)(H,29,30). The van der Waals surface area contributed by atoms with Crippen molar-refractivity contribution in [3.05, 3.63) is 0 Å². The van der Waals surface area contributed by atoms with E-state index in [2.05, 4.69) is 10.6 Å². The molecule has 0 radical (unpaired) electrons. The minimum Gasteiger partial charge on any atom is -0.480 e. The molecule has 0 aromatic heterocycles. The van der Waals surface area contributed by atoms with Gasteiger partial charge in [-0.2, -0.15) is 0 Å². The van der Waals surface area contributed by atoms with Crippen LogP contribution < -0.4 is 16.4 Å². The third-order valence-electron chi connectivity index (χ3n) is 5.67. The van der Waals surface area contributed by atoms with Gasteiger partial charge in [0.25, 0.3) is 0 Å². The van der Waals surface area contributed by atoms with Crippen LogP contribution in [0.25, 0.3) is 0 Å². The number of carboxylic acids is 1. The molecule has 1 aliphatic heterocycles. The molecule has 6 N–H and O–H groups in total. The number of nitrogens with two attached hydrogens (primary N) is 1. The molecule has 0 aliphatic carbocycles. The van der Waals surface area contributed by atoms with E-state index in [0.717, 1.165) is 0 Å². The number of hydrogen-bond acceptors (Lipinski definition) is 6. The molecular formula is C20H36N4O6. The van der Waals surface area contributed by atoms with Gasteiger partial charge in [0.15, 0.2) is 0 Å². The fourth-order valence-corrected chi connectivity index (χ4v) is 3.41. The SMILES string of the molecule is CCC(C)C(NC(=O)C(NC(=O)C1CCCN1C(=O)C(N)C(C)O)C(C)C)C(=O)O. The van der Waals surface area contributed by atoms with Crippen LogP contribution in [0.15, 0.2) is 0 Å². The molecule has 0 aromatic rings. The topological polar surface area (TPSA) is 162 Å². The van der Waals surface area contributed by atoms with Crippen molar-refractivity contribution in [3.63, 3.8) is 0 Å². The normalized spacial score (nSPS) is 21.5. The van der Waals surface area contributed by atoms with Crippen LogP contribution in [0.2, 0.25) is 0 Å². The second-order valence-electron chi connectivity index (χ2n) is 8.40. The Hall–Kier alpha value is -2.20. The molecule has 6 atom stereocenters. The number of carbonyl (C=O) groups is 4. The molecular weight excluding hydrogens is 392 g/mol. The highest BCUT2D eigenvalue weighted by atomic mass is 16.4. The minimum atomic E-state index is -1.13. The highest BCUT2D eigenvalue weighted by Crippen LogP contribution is 2.20. The Balaban J connectivity index is 2.91. The monoisotopic (exact) mass is 428 g/mol. The molecule has 1 rings (SSSR count). The number of aliphatic hydroxyl groups is 1. The predicted molar refractivity (Wildman–Crippen MR) is 110 cm³/mol. The average molecular weight is 429 g/mol. The number of aliphatic carboxylic acids is 1. The first-order chi connectivity index (χ1) is 13.9. The summed E-state index contributed by atoms with van der Waals surface area (Å²) < 4.78 is 0. The fourth-order valence-electron chi connectivity index (χ4n) is 3.41. The van der Waals surface area contributed by atoms with Gasteiger partial charge >= 0.3 is 5.97 Å². The van der Waals surface area contributed by atoms with E-state index >= 15 is 0 Å². The number of rotatable bonds is 10. The number of amides is 3. The first kappa shape index (κ1) is 25.8. The zero-order chi connectivity index (χ0) is 23.2. The average Bonchev–Trinajstić information content (AvgIpc) is 3.17. The second kappa shape index (κ2) is 11.3. The fraction of sp³-hybridized carbons (Fsp3) is 0.800. The summed E-state index contributed by atoms with van der Waals surface area (Å²) in [5, 5.41) is 24.2. The molecule has 0 saturated carbocycles. The van der Waals surface area contributed by atoms with Crippen LogP contribution in [-0.4, -0.2) is 75.6 Å². The van der Waals surface area contributed by atoms with Crippen molar-refractivity contribution in [2.75, 3.05) is 6.54 Å². The molecule has 0 bridgehead atoms. The number of nitrogens with zero attached hydrogens (tertiary/aromatic N) is 1. The number of carboxylic acid groups (broad SMARTS) is 1. The lowest BCUT2D eigenvalue weighted by Gasteiger charge is -2.30. The Kier molecular flexibility index (Phi) is 9.70. The Morgan fingerprint density at radius 3 is 2.17 bits per heavy atom. The maximum Gasteiger partial charge on any atom is 0.326 e. The van der Waals surface area contributed by atoms with Crippen LogP contribution in [0.5, 0.6) is 0 Å². The van der Waals surface area contributed by atoms with Gasteiger partial charge in [0.2, 0.25) is 17.7 Å². The van der Waals surface area contributed by atoms with Gasteiger partial charge in [-0.25, -0.2) is 4.79 Å². The quantitative estimate of drug-likeness (QED) is 0.311. The molecule has 6 unspecified atom stereocenters. The third kappa shape index (κ3) is 6.40. The van der Waals surface area contributed by atoms with E-state index in [9.17, 15) is 29.4 Å². The van der Waals surface area contributed by atoms with E-state index in [1.54, 1.807) is 20.8 Å². The van der Waals surface area contributed by atoms with Crippen LogP contribution in [0, 0.1) is 11.8 Å². The van der Waals surface area contributed by atoms with Crippen LogP contribution in [0.3, 0.4) is 0 Å². The first-order valence-electron chi connectivity index (χ1n) is 10.5. The molecule has 1 aliphatic rings. The zero-order valence-electron chi connectivity index (χ0n) is 18.4. The van der Waals surface area contributed by atoms with Gasteiger partial charge in [0.1, 0.15) is 24.2 Å². The van der Waals surface area contributed by atoms with Crippen LogP contribution in [-0.2, 0) is 19.2 Å². The van der Waals surface area contributed by atoms with Crippen molar-refractivity contribution in [1.29, 1.82) is 0 Å². The lowest BCUT2D eigenvalue weighted by Crippen LogP contribution is -2.59. The highest BCUT2D eigenvalue weighted by molar-refractivity contribution is 5.94. The van der Waals surface area contributed by atoms with E-state index < -0.39 is 54.0 Å². The van der Waals surface area contributed by atoms with E-state index in [-0.39, 0.29) is 11.8 Å². The number of nitrogens with one attached hydrogen (secondary N) is 2. The highest BCUT2D eigenvalue weighted by Gasteiger charge is 2.39. The number of aliphatic hydroxyl groups excluding tert-OH is 1. The lowest BCUT2D eigenvalue weighted by atomic mass is 9.97. The molecule has 0 aromatic carbocycles. The maximum atomic E-state index is 12.9. The van der Waals surface area contributed by atoms with Crippen molar-refractivity contribution in [2.24, 2.45) is 17.6 Å². The Labute approximate surface area is 177 Å². The Morgan fingerprint density at radius 1 is 1.10 bits per heavy atom. The molecule has 1 heterocycles. The Morgan fingerprint density at radius 2 is 1.70 bits per heavy atom. The van der Waals surface area contributed by atoms with Gasteiger partial charge in [0, 0.05) is 6.54 Å². The molecule has 30 heavy (non-hydrogen) atoms. The minimum absolute atomic E-state index is 0.278. The van der Waals surface area contributed by atoms with E-state index in [1.807, 2.05) is 6.92 Å². The van der Waals surface area contributed by atoms with Crippen LogP contribution in [0.4, 0.5) is 0 Å². The van der Waals surface area contributed by atoms with E-state index in [4.69, 9.17) is 5.73 Å². The number of carbonyl (C=O) groups excluding carboxylic acids is 3. The van der Waals surface area contributed by atoms with E-state index in [0.29, 0.717) is 25.8 Å². The first-order valence-corrected chi connectivity index (χ1v) is 10.5. The summed E-state index contributed by atoms with van der Waals surface area (Å²) in [6.07, 6.45) is 0.536. The number of likely N-dealkylation sites (tertiary alicyclic amines) is 1. The molecule has 0 spiro atoms. The van der Waals surface area contributed by atoms with Crippen molar-refractivity contribution in [3.8, 4) is 0 Å². The second-order valence-corrected chi connectivity index (χ2v) is 8.40. The molecule has 172 valence electrons. The molecule has 3 amide bonds. The van der Waals surface area contributed by atoms with Gasteiger partial charge in [-0.1, -0.05) is 34.1 Å². The summed E-state index contributed by atoms with van der Waals surface area (Å²) in [6, 6.07) is -3.93. The summed E-state index contributed by atoms with van der Waals surface area (Å²) in [7, 11) is 0. The number of hydrogen-bond donors (Lipinski definition) is 5. The largest absolute Gasteiger partial charge is 0.480 e. The maximum absolute atomic E-state index is 12.9. The zero-order valence-corrected chi connectivity index (χ0v) is 18.4. The van der Waals surface area contributed by atoms with Gasteiger partial charge in [-0.15, -0.1) is 0 Å². The molecule has 10 heteroatoms. The molecule has 1 fully saturated rings. The van der Waals surface area contributed by atoms with E-state index in [1.165, 1.54) is 11.8 Å².